The third-order valence-electron chi connectivity index (χ3n) is 3.53. The van der Waals surface area contributed by atoms with Gasteiger partial charge in [-0.05, 0) is 67.3 Å². The maximum Gasteiger partial charge on any atom is 0.123 e. The summed E-state index contributed by atoms with van der Waals surface area (Å²) in [4.78, 5) is 0. The van der Waals surface area contributed by atoms with Gasteiger partial charge in [-0.15, -0.1) is 0 Å². The number of halogens is 2. The van der Waals surface area contributed by atoms with E-state index >= 15 is 0 Å². The third kappa shape index (κ3) is 4.14. The molecule has 0 aliphatic carbocycles. The molecular formula is C18H21BrFN. The van der Waals surface area contributed by atoms with E-state index in [1.807, 2.05) is 13.0 Å². The molecule has 1 N–H and O–H groups in total. The average Bonchev–Trinajstić information content (AvgIpc) is 2.42. The highest BCUT2D eigenvalue weighted by molar-refractivity contribution is 9.10. The van der Waals surface area contributed by atoms with Crippen molar-refractivity contribution in [2.24, 2.45) is 0 Å². The van der Waals surface area contributed by atoms with E-state index in [0.29, 0.717) is 0 Å². The highest BCUT2D eigenvalue weighted by Gasteiger charge is 2.15. The second-order valence-electron chi connectivity index (χ2n) is 5.46. The average molecular weight is 350 g/mol. The van der Waals surface area contributed by atoms with Crippen molar-refractivity contribution in [3.05, 3.63) is 68.9 Å². The van der Waals surface area contributed by atoms with Crippen LogP contribution in [-0.2, 0) is 0 Å². The third-order valence-corrected chi connectivity index (χ3v) is 4.38. The first-order valence-electron chi connectivity index (χ1n) is 7.27. The lowest BCUT2D eigenvalue weighted by molar-refractivity contribution is 0.584. The Hall–Kier alpha value is -1.19. The van der Waals surface area contributed by atoms with E-state index in [1.54, 1.807) is 12.1 Å². The summed E-state index contributed by atoms with van der Waals surface area (Å²) in [5.74, 6) is -0.181. The van der Waals surface area contributed by atoms with Crippen LogP contribution in [0.3, 0.4) is 0 Å². The molecule has 0 saturated carbocycles. The van der Waals surface area contributed by atoms with Crippen LogP contribution >= 0.6 is 15.9 Å². The molecule has 2 rings (SSSR count). The van der Waals surface area contributed by atoms with Crippen LogP contribution in [0.5, 0.6) is 0 Å². The Labute approximate surface area is 134 Å². The van der Waals surface area contributed by atoms with Crippen molar-refractivity contribution in [3.63, 3.8) is 0 Å². The van der Waals surface area contributed by atoms with Crippen LogP contribution < -0.4 is 5.32 Å². The lowest BCUT2D eigenvalue weighted by Crippen LogP contribution is -2.23. The number of hydrogen-bond acceptors (Lipinski definition) is 1. The number of benzene rings is 2. The number of aryl methyl sites for hydroxylation is 2. The smallest absolute Gasteiger partial charge is 0.123 e. The largest absolute Gasteiger partial charge is 0.306 e. The van der Waals surface area contributed by atoms with Gasteiger partial charge in [0.25, 0.3) is 0 Å². The quantitative estimate of drug-likeness (QED) is 0.772. The fraction of sp³-hybridized carbons (Fsp3) is 0.333. The molecule has 0 fully saturated rings. The molecule has 0 aliphatic rings. The Balaban J connectivity index is 2.43. The van der Waals surface area contributed by atoms with E-state index in [9.17, 15) is 4.39 Å². The minimum atomic E-state index is -0.181. The summed E-state index contributed by atoms with van der Waals surface area (Å²) >= 11 is 3.58. The zero-order valence-electron chi connectivity index (χ0n) is 12.7. The van der Waals surface area contributed by atoms with Gasteiger partial charge in [0, 0.05) is 4.47 Å². The van der Waals surface area contributed by atoms with Crippen molar-refractivity contribution >= 4 is 15.9 Å². The van der Waals surface area contributed by atoms with Crippen LogP contribution in [0.1, 0.15) is 41.6 Å². The summed E-state index contributed by atoms with van der Waals surface area (Å²) in [6.45, 7) is 7.01. The van der Waals surface area contributed by atoms with Crippen molar-refractivity contribution in [3.8, 4) is 0 Å². The van der Waals surface area contributed by atoms with Crippen LogP contribution in [0.2, 0.25) is 0 Å². The Bertz CT molecular complexity index is 604. The highest BCUT2D eigenvalue weighted by atomic mass is 79.9. The van der Waals surface area contributed by atoms with Crippen LogP contribution in [0.15, 0.2) is 40.9 Å². The maximum absolute atomic E-state index is 13.7. The van der Waals surface area contributed by atoms with Crippen LogP contribution in [-0.4, -0.2) is 6.54 Å². The summed E-state index contributed by atoms with van der Waals surface area (Å²) in [7, 11) is 0. The predicted molar refractivity (Wildman–Crippen MR) is 90.2 cm³/mol. The van der Waals surface area contributed by atoms with Gasteiger partial charge in [0.2, 0.25) is 0 Å². The van der Waals surface area contributed by atoms with Gasteiger partial charge >= 0.3 is 0 Å². The van der Waals surface area contributed by atoms with E-state index < -0.39 is 0 Å². The van der Waals surface area contributed by atoms with E-state index in [4.69, 9.17) is 0 Å². The second kappa shape index (κ2) is 7.19. The van der Waals surface area contributed by atoms with Crippen molar-refractivity contribution in [1.82, 2.24) is 5.32 Å². The van der Waals surface area contributed by atoms with Crippen molar-refractivity contribution in [2.45, 2.75) is 33.2 Å². The van der Waals surface area contributed by atoms with Gasteiger partial charge in [-0.2, -0.15) is 0 Å². The normalized spacial score (nSPS) is 12.4. The Morgan fingerprint density at radius 2 is 1.86 bits per heavy atom. The van der Waals surface area contributed by atoms with Crippen molar-refractivity contribution in [2.75, 3.05) is 6.54 Å². The van der Waals surface area contributed by atoms with E-state index in [2.05, 4.69) is 53.3 Å². The Morgan fingerprint density at radius 1 is 1.10 bits per heavy atom. The van der Waals surface area contributed by atoms with Crippen LogP contribution in [0, 0.1) is 19.7 Å². The molecule has 0 radical (unpaired) electrons. The van der Waals surface area contributed by atoms with Gasteiger partial charge in [0.1, 0.15) is 5.82 Å². The molecule has 3 heteroatoms. The van der Waals surface area contributed by atoms with Gasteiger partial charge in [-0.1, -0.05) is 41.1 Å². The SMILES string of the molecule is CCCNC(c1cc(C)cc(F)c1)c1ccc(C)c(Br)c1. The maximum atomic E-state index is 13.7. The van der Waals surface area contributed by atoms with E-state index in [1.165, 1.54) is 5.56 Å². The Kier molecular flexibility index (Phi) is 5.54. The van der Waals surface area contributed by atoms with Crippen LogP contribution in [0.25, 0.3) is 0 Å². The molecule has 0 spiro atoms. The minimum absolute atomic E-state index is 0.0104. The summed E-state index contributed by atoms with van der Waals surface area (Å²) < 4.78 is 14.8. The molecule has 21 heavy (non-hydrogen) atoms. The molecule has 0 amide bonds. The molecular weight excluding hydrogens is 329 g/mol. The molecule has 0 aliphatic heterocycles. The minimum Gasteiger partial charge on any atom is -0.306 e. The van der Waals surface area contributed by atoms with Gasteiger partial charge in [-0.25, -0.2) is 4.39 Å². The fourth-order valence-electron chi connectivity index (χ4n) is 2.44. The zero-order valence-corrected chi connectivity index (χ0v) is 14.3. The summed E-state index contributed by atoms with van der Waals surface area (Å²) in [6.07, 6.45) is 1.04. The van der Waals surface area contributed by atoms with Crippen molar-refractivity contribution < 1.29 is 4.39 Å². The van der Waals surface area contributed by atoms with Gasteiger partial charge < -0.3 is 5.32 Å². The van der Waals surface area contributed by atoms with Crippen molar-refractivity contribution in [1.29, 1.82) is 0 Å². The lowest BCUT2D eigenvalue weighted by Gasteiger charge is -2.21. The summed E-state index contributed by atoms with van der Waals surface area (Å²) in [5, 5.41) is 3.52. The molecule has 2 aromatic carbocycles. The monoisotopic (exact) mass is 349 g/mol. The van der Waals surface area contributed by atoms with Crippen LogP contribution in [0.4, 0.5) is 4.39 Å². The molecule has 0 saturated heterocycles. The molecule has 112 valence electrons. The van der Waals surface area contributed by atoms with E-state index in [0.717, 1.165) is 34.1 Å². The molecule has 1 nitrogen and oxygen atoms in total. The summed E-state index contributed by atoms with van der Waals surface area (Å²) in [5.41, 5.74) is 4.26. The standard InChI is InChI=1S/C18H21BrFN/c1-4-7-21-18(14-6-5-13(3)17(19)11-14)15-8-12(2)9-16(20)10-15/h5-6,8-11,18,21H,4,7H2,1-3H3. The highest BCUT2D eigenvalue weighted by Crippen LogP contribution is 2.27. The molecule has 0 heterocycles. The molecule has 1 unspecified atom stereocenters. The number of rotatable bonds is 5. The molecule has 1 atom stereocenters. The molecule has 0 bridgehead atoms. The molecule has 0 aromatic heterocycles. The zero-order chi connectivity index (χ0) is 15.4. The number of nitrogens with one attached hydrogen (secondary N) is 1. The van der Waals surface area contributed by atoms with Gasteiger partial charge in [0.05, 0.1) is 6.04 Å². The second-order valence-corrected chi connectivity index (χ2v) is 6.31. The summed E-state index contributed by atoms with van der Waals surface area (Å²) in [6, 6.07) is 11.5. The topological polar surface area (TPSA) is 12.0 Å². The fourth-order valence-corrected chi connectivity index (χ4v) is 2.83. The number of hydrogen-bond donors (Lipinski definition) is 1. The molecule has 2 aromatic rings. The first-order chi connectivity index (χ1) is 10.0. The first-order valence-corrected chi connectivity index (χ1v) is 8.07. The first kappa shape index (κ1) is 16.2. The van der Waals surface area contributed by atoms with Gasteiger partial charge in [0.15, 0.2) is 0 Å². The Morgan fingerprint density at radius 3 is 2.48 bits per heavy atom. The van der Waals surface area contributed by atoms with Gasteiger partial charge in [-0.3, -0.25) is 0 Å². The lowest BCUT2D eigenvalue weighted by atomic mass is 9.96. The predicted octanol–water partition coefficient (Wildman–Crippen LogP) is 5.29. The van der Waals surface area contributed by atoms with E-state index in [-0.39, 0.29) is 11.9 Å².